The Kier molecular flexibility index (Phi) is 8.63. The van der Waals surface area contributed by atoms with Crippen LogP contribution in [0.2, 0.25) is 0 Å². The molecule has 0 atom stereocenters. The minimum atomic E-state index is -0.138. The molecule has 26 heavy (non-hydrogen) atoms. The van der Waals surface area contributed by atoms with Crippen LogP contribution in [0.5, 0.6) is 5.75 Å². The van der Waals surface area contributed by atoms with Gasteiger partial charge in [-0.15, -0.1) is 0 Å². The van der Waals surface area contributed by atoms with Crippen molar-refractivity contribution in [3.8, 4) is 5.75 Å². The van der Waals surface area contributed by atoms with E-state index in [1.165, 1.54) is 19.3 Å². The van der Waals surface area contributed by atoms with E-state index in [0.717, 1.165) is 30.0 Å². The van der Waals surface area contributed by atoms with E-state index in [9.17, 15) is 4.79 Å². The summed E-state index contributed by atoms with van der Waals surface area (Å²) in [7, 11) is 0. The number of carbonyl (C=O) groups is 1. The molecule has 138 valence electrons. The second-order valence-corrected chi connectivity index (χ2v) is 6.51. The number of thiocarbonyl (C=S) groups is 1. The molecule has 1 amide bonds. The van der Waals surface area contributed by atoms with Gasteiger partial charge in [-0.1, -0.05) is 56.5 Å². The fourth-order valence-electron chi connectivity index (χ4n) is 2.47. The highest BCUT2D eigenvalue weighted by Gasteiger charge is 2.06. The highest BCUT2D eigenvalue weighted by atomic mass is 32.1. The van der Waals surface area contributed by atoms with E-state index in [2.05, 4.69) is 17.6 Å². The van der Waals surface area contributed by atoms with Gasteiger partial charge in [0.1, 0.15) is 5.75 Å². The van der Waals surface area contributed by atoms with Crippen LogP contribution < -0.4 is 15.4 Å². The van der Waals surface area contributed by atoms with Gasteiger partial charge in [0, 0.05) is 5.69 Å². The maximum atomic E-state index is 12.0. The molecule has 0 bridgehead atoms. The average molecular weight is 371 g/mol. The molecule has 4 nitrogen and oxygen atoms in total. The number of anilines is 1. The first-order valence-electron chi connectivity index (χ1n) is 9.05. The molecule has 0 spiro atoms. The lowest BCUT2D eigenvalue weighted by atomic mass is 10.1. The van der Waals surface area contributed by atoms with Crippen molar-refractivity contribution in [2.45, 2.75) is 39.0 Å². The van der Waals surface area contributed by atoms with Crippen LogP contribution in [0.25, 0.3) is 0 Å². The van der Waals surface area contributed by atoms with E-state index in [4.69, 9.17) is 17.0 Å². The highest BCUT2D eigenvalue weighted by Crippen LogP contribution is 2.16. The molecule has 0 aromatic heterocycles. The van der Waals surface area contributed by atoms with Crippen LogP contribution in [0, 0.1) is 0 Å². The second-order valence-electron chi connectivity index (χ2n) is 6.10. The SMILES string of the molecule is CCCCCCOc1ccc(NC(=S)NC(=O)Cc2ccccc2)cc1. The van der Waals surface area contributed by atoms with Crippen molar-refractivity contribution in [3.05, 3.63) is 60.2 Å². The molecule has 0 unspecified atom stereocenters. The Labute approximate surface area is 161 Å². The van der Waals surface area contributed by atoms with Crippen LogP contribution in [0.1, 0.15) is 38.2 Å². The first-order valence-corrected chi connectivity index (χ1v) is 9.46. The van der Waals surface area contributed by atoms with Gasteiger partial charge in [0.25, 0.3) is 0 Å². The van der Waals surface area contributed by atoms with Crippen molar-refractivity contribution in [1.82, 2.24) is 5.32 Å². The monoisotopic (exact) mass is 370 g/mol. The first-order chi connectivity index (χ1) is 12.7. The minimum Gasteiger partial charge on any atom is -0.494 e. The Morgan fingerprint density at radius 3 is 2.42 bits per heavy atom. The molecule has 2 N–H and O–H groups in total. The van der Waals surface area contributed by atoms with E-state index >= 15 is 0 Å². The fraction of sp³-hybridized carbons (Fsp3) is 0.333. The van der Waals surface area contributed by atoms with E-state index in [-0.39, 0.29) is 5.91 Å². The lowest BCUT2D eigenvalue weighted by molar-refractivity contribution is -0.119. The molecule has 0 heterocycles. The Morgan fingerprint density at radius 1 is 1.00 bits per heavy atom. The standard InChI is InChI=1S/C21H26N2O2S/c1-2-3-4-8-15-25-19-13-11-18(12-14-19)22-21(26)23-20(24)16-17-9-6-5-7-10-17/h5-7,9-14H,2-4,8,15-16H2,1H3,(H2,22,23,24,26). The minimum absolute atomic E-state index is 0.138. The second kappa shape index (κ2) is 11.3. The number of unbranched alkanes of at least 4 members (excludes halogenated alkanes) is 3. The Morgan fingerprint density at radius 2 is 1.73 bits per heavy atom. The average Bonchev–Trinajstić information content (AvgIpc) is 2.63. The number of nitrogens with one attached hydrogen (secondary N) is 2. The third-order valence-corrected chi connectivity index (χ3v) is 4.04. The predicted octanol–water partition coefficient (Wildman–Crippen LogP) is 4.70. The zero-order valence-electron chi connectivity index (χ0n) is 15.2. The van der Waals surface area contributed by atoms with Crippen LogP contribution >= 0.6 is 12.2 Å². The summed E-state index contributed by atoms with van der Waals surface area (Å²) in [5.41, 5.74) is 1.77. The van der Waals surface area contributed by atoms with Gasteiger partial charge >= 0.3 is 0 Å². The molecular formula is C21H26N2O2S. The maximum Gasteiger partial charge on any atom is 0.230 e. The number of hydrogen-bond donors (Lipinski definition) is 2. The van der Waals surface area contributed by atoms with Crippen molar-refractivity contribution in [3.63, 3.8) is 0 Å². The van der Waals surface area contributed by atoms with Crippen molar-refractivity contribution in [1.29, 1.82) is 0 Å². The van der Waals surface area contributed by atoms with Gasteiger partial charge in [0.15, 0.2) is 5.11 Å². The van der Waals surface area contributed by atoms with Gasteiger partial charge < -0.3 is 15.4 Å². The molecule has 2 aromatic rings. The summed E-state index contributed by atoms with van der Waals surface area (Å²) in [5, 5.41) is 6.00. The fourth-order valence-corrected chi connectivity index (χ4v) is 2.70. The predicted molar refractivity (Wildman–Crippen MR) is 111 cm³/mol. The molecule has 0 aliphatic rings. The summed E-state index contributed by atoms with van der Waals surface area (Å²) < 4.78 is 5.71. The van der Waals surface area contributed by atoms with E-state index < -0.39 is 0 Å². The first kappa shape index (κ1) is 19.9. The van der Waals surface area contributed by atoms with Crippen molar-refractivity contribution in [2.75, 3.05) is 11.9 Å². The molecular weight excluding hydrogens is 344 g/mol. The van der Waals surface area contributed by atoms with Gasteiger partial charge in [0.2, 0.25) is 5.91 Å². The van der Waals surface area contributed by atoms with Crippen LogP contribution in [0.3, 0.4) is 0 Å². The molecule has 2 rings (SSSR count). The summed E-state index contributed by atoms with van der Waals surface area (Å²) in [6.45, 7) is 2.93. The topological polar surface area (TPSA) is 50.4 Å². The lowest BCUT2D eigenvalue weighted by Crippen LogP contribution is -2.35. The number of hydrogen-bond acceptors (Lipinski definition) is 3. The van der Waals surface area contributed by atoms with Crippen LogP contribution in [-0.4, -0.2) is 17.6 Å². The van der Waals surface area contributed by atoms with Crippen LogP contribution in [-0.2, 0) is 11.2 Å². The number of amides is 1. The largest absolute Gasteiger partial charge is 0.494 e. The maximum absolute atomic E-state index is 12.0. The Hall–Kier alpha value is -2.40. The highest BCUT2D eigenvalue weighted by molar-refractivity contribution is 7.80. The zero-order chi connectivity index (χ0) is 18.6. The molecule has 0 saturated carbocycles. The zero-order valence-corrected chi connectivity index (χ0v) is 16.0. The van der Waals surface area contributed by atoms with E-state index in [1.807, 2.05) is 54.6 Å². The molecule has 2 aromatic carbocycles. The molecule has 0 fully saturated rings. The molecule has 0 radical (unpaired) electrons. The third-order valence-electron chi connectivity index (χ3n) is 3.84. The molecule has 0 saturated heterocycles. The van der Waals surface area contributed by atoms with E-state index in [1.54, 1.807) is 0 Å². The third kappa shape index (κ3) is 7.66. The molecule has 0 aliphatic heterocycles. The van der Waals surface area contributed by atoms with Gasteiger partial charge in [-0.25, -0.2) is 0 Å². The van der Waals surface area contributed by atoms with Gasteiger partial charge in [-0.05, 0) is 48.5 Å². The Bertz CT molecular complexity index is 687. The van der Waals surface area contributed by atoms with Crippen molar-refractivity contribution < 1.29 is 9.53 Å². The van der Waals surface area contributed by atoms with Gasteiger partial charge in [0.05, 0.1) is 13.0 Å². The van der Waals surface area contributed by atoms with E-state index in [0.29, 0.717) is 11.5 Å². The summed E-state index contributed by atoms with van der Waals surface area (Å²) >= 11 is 5.20. The summed E-state index contributed by atoms with van der Waals surface area (Å²) in [6, 6.07) is 17.1. The summed E-state index contributed by atoms with van der Waals surface area (Å²) in [4.78, 5) is 12.0. The number of rotatable bonds is 9. The Balaban J connectivity index is 1.72. The summed E-state index contributed by atoms with van der Waals surface area (Å²) in [6.07, 6.45) is 5.05. The van der Waals surface area contributed by atoms with Crippen LogP contribution in [0.15, 0.2) is 54.6 Å². The molecule has 5 heteroatoms. The van der Waals surface area contributed by atoms with Crippen molar-refractivity contribution in [2.24, 2.45) is 0 Å². The number of benzene rings is 2. The van der Waals surface area contributed by atoms with Crippen LogP contribution in [0.4, 0.5) is 5.69 Å². The van der Waals surface area contributed by atoms with Gasteiger partial charge in [-0.3, -0.25) is 4.79 Å². The quantitative estimate of drug-likeness (QED) is 0.496. The number of carbonyl (C=O) groups excluding carboxylic acids is 1. The summed E-state index contributed by atoms with van der Waals surface area (Å²) in [5.74, 6) is 0.701. The van der Waals surface area contributed by atoms with Gasteiger partial charge in [-0.2, -0.15) is 0 Å². The normalized spacial score (nSPS) is 10.2. The van der Waals surface area contributed by atoms with Crippen molar-refractivity contribution >= 4 is 28.9 Å². The number of ether oxygens (including phenoxy) is 1. The molecule has 0 aliphatic carbocycles. The lowest BCUT2D eigenvalue weighted by Gasteiger charge is -2.11. The smallest absolute Gasteiger partial charge is 0.230 e.